The lowest BCUT2D eigenvalue weighted by atomic mass is 9.85. The van der Waals surface area contributed by atoms with Gasteiger partial charge in [-0.05, 0) is 66.6 Å². The number of benzene rings is 2. The second-order valence-electron chi connectivity index (χ2n) is 10.1. The highest BCUT2D eigenvalue weighted by atomic mass is 28.4. The third-order valence-corrected chi connectivity index (χ3v) is 10.5. The zero-order chi connectivity index (χ0) is 24.2. The number of carbonyl (C=O) groups is 2. The predicted octanol–water partition coefficient (Wildman–Crippen LogP) is 6.17. The molecule has 2 amide bonds. The van der Waals surface area contributed by atoms with Crippen LogP contribution in [0.25, 0.3) is 0 Å². The van der Waals surface area contributed by atoms with Crippen molar-refractivity contribution in [3.63, 3.8) is 0 Å². The van der Waals surface area contributed by atoms with Crippen LogP contribution in [0.5, 0.6) is 0 Å². The monoisotopic (exact) mass is 471 g/mol. The van der Waals surface area contributed by atoms with Gasteiger partial charge < -0.3 is 9.53 Å². The van der Waals surface area contributed by atoms with E-state index in [1.54, 1.807) is 12.1 Å². The molecule has 2 atom stereocenters. The van der Waals surface area contributed by atoms with Crippen molar-refractivity contribution >= 4 is 20.3 Å². The van der Waals surface area contributed by atoms with Gasteiger partial charge in [-0.15, -0.1) is 0 Å². The van der Waals surface area contributed by atoms with Crippen LogP contribution in [0.4, 0.5) is 9.18 Å². The first-order chi connectivity index (χ1) is 15.5. The van der Waals surface area contributed by atoms with Crippen LogP contribution >= 0.6 is 0 Å². The molecular formula is C26H34FNO4Si. The van der Waals surface area contributed by atoms with Crippen molar-refractivity contribution < 1.29 is 23.5 Å². The molecule has 1 saturated heterocycles. The molecule has 178 valence electrons. The molecule has 5 nitrogen and oxygen atoms in total. The molecule has 0 aromatic heterocycles. The summed E-state index contributed by atoms with van der Waals surface area (Å²) in [6, 6.07) is 15.5. The molecular weight excluding hydrogens is 437 g/mol. The second-order valence-corrected chi connectivity index (χ2v) is 14.5. The van der Waals surface area contributed by atoms with Crippen LogP contribution in [0, 0.1) is 5.82 Å². The summed E-state index contributed by atoms with van der Waals surface area (Å²) in [5.41, 5.74) is 1.87. The van der Waals surface area contributed by atoms with E-state index in [1.807, 2.05) is 43.4 Å². The number of rotatable bonds is 9. The fourth-order valence-corrected chi connectivity index (χ4v) is 4.97. The molecule has 33 heavy (non-hydrogen) atoms. The molecule has 2 aromatic rings. The summed E-state index contributed by atoms with van der Waals surface area (Å²) in [5, 5.41) is -0.257. The summed E-state index contributed by atoms with van der Waals surface area (Å²) in [7, 11) is -2.44. The van der Waals surface area contributed by atoms with Crippen molar-refractivity contribution in [2.45, 2.75) is 69.6 Å². The van der Waals surface area contributed by atoms with Crippen LogP contribution in [0.2, 0.25) is 18.1 Å². The summed E-state index contributed by atoms with van der Waals surface area (Å²) >= 11 is 0. The van der Waals surface area contributed by atoms with Gasteiger partial charge in [0.05, 0.1) is 0 Å². The zero-order valence-electron chi connectivity index (χ0n) is 19.9. The highest BCUT2D eigenvalue weighted by Gasteiger charge is 2.40. The van der Waals surface area contributed by atoms with Crippen molar-refractivity contribution in [2.24, 2.45) is 0 Å². The molecule has 2 aromatic carbocycles. The molecule has 0 radical (unpaired) electrons. The molecule has 3 rings (SSSR count). The molecule has 1 N–H and O–H groups in total. The molecule has 0 saturated carbocycles. The van der Waals surface area contributed by atoms with Crippen LogP contribution in [0.15, 0.2) is 54.6 Å². The Hall–Kier alpha value is -2.51. The fraction of sp³-hybridized carbons (Fsp3) is 0.462. The van der Waals surface area contributed by atoms with Gasteiger partial charge in [-0.25, -0.2) is 14.1 Å². The number of halogens is 1. The average Bonchev–Trinajstić information content (AvgIpc) is 3.15. The Kier molecular flexibility index (Phi) is 7.75. The summed E-state index contributed by atoms with van der Waals surface area (Å²) in [6.45, 7) is 8.18. The highest BCUT2D eigenvalue weighted by Crippen LogP contribution is 2.45. The standard InChI is InChI=1S/C26H34FNO4Si/c1-26(2,33(3,4)31)17-21(19-13-15-22(27)16-14-19)11-8-12-24(29)28-23(18-32-25(28)30)20-9-6-5-7-10-20/h5-7,9-10,13-16,21,23,31H,8,11-12,17-18H2,1-4H3/t21?,23-/m1/s1. The minimum Gasteiger partial charge on any atom is -0.446 e. The largest absolute Gasteiger partial charge is 0.446 e. The second kappa shape index (κ2) is 10.2. The number of hydrogen-bond acceptors (Lipinski definition) is 4. The van der Waals surface area contributed by atoms with Gasteiger partial charge in [-0.3, -0.25) is 4.79 Å². The Morgan fingerprint density at radius 2 is 1.82 bits per heavy atom. The van der Waals surface area contributed by atoms with Crippen molar-refractivity contribution in [3.05, 3.63) is 71.5 Å². The van der Waals surface area contributed by atoms with Gasteiger partial charge in [0.25, 0.3) is 0 Å². The number of hydrogen-bond donors (Lipinski definition) is 1. The minimum atomic E-state index is -2.44. The molecule has 1 aliphatic rings. The van der Waals surface area contributed by atoms with Crippen molar-refractivity contribution in [2.75, 3.05) is 6.61 Å². The molecule has 0 bridgehead atoms. The third kappa shape index (κ3) is 6.09. The van der Waals surface area contributed by atoms with E-state index >= 15 is 0 Å². The first-order valence-corrected chi connectivity index (χ1v) is 14.5. The topological polar surface area (TPSA) is 66.8 Å². The van der Waals surface area contributed by atoms with Crippen molar-refractivity contribution in [3.8, 4) is 0 Å². The fourth-order valence-electron chi connectivity index (χ4n) is 4.23. The van der Waals surface area contributed by atoms with Gasteiger partial charge in [-0.2, -0.15) is 0 Å². The van der Waals surface area contributed by atoms with E-state index in [0.29, 0.717) is 12.8 Å². The van der Waals surface area contributed by atoms with Crippen LogP contribution in [-0.2, 0) is 9.53 Å². The lowest BCUT2D eigenvalue weighted by Crippen LogP contribution is -2.40. The summed E-state index contributed by atoms with van der Waals surface area (Å²) in [6.07, 6.45) is 1.63. The maximum Gasteiger partial charge on any atom is 0.417 e. The molecule has 1 heterocycles. The number of ether oxygens (including phenoxy) is 1. The maximum atomic E-state index is 13.5. The van der Waals surface area contributed by atoms with Gasteiger partial charge in [0.1, 0.15) is 18.5 Å². The number of imide groups is 1. The lowest BCUT2D eigenvalue weighted by Gasteiger charge is -2.38. The lowest BCUT2D eigenvalue weighted by molar-refractivity contribution is -0.129. The van der Waals surface area contributed by atoms with Gasteiger partial charge in [-0.1, -0.05) is 56.3 Å². The molecule has 1 unspecified atom stereocenters. The zero-order valence-corrected chi connectivity index (χ0v) is 20.9. The van der Waals surface area contributed by atoms with Crippen LogP contribution in [0.1, 0.15) is 62.6 Å². The van der Waals surface area contributed by atoms with Gasteiger partial charge in [0, 0.05) is 6.42 Å². The van der Waals surface area contributed by atoms with Gasteiger partial charge >= 0.3 is 6.09 Å². The summed E-state index contributed by atoms with van der Waals surface area (Å²) in [5.74, 6) is -0.466. The number of cyclic esters (lactones) is 1. The van der Waals surface area contributed by atoms with E-state index in [2.05, 4.69) is 13.8 Å². The Morgan fingerprint density at radius 3 is 2.42 bits per heavy atom. The predicted molar refractivity (Wildman–Crippen MR) is 129 cm³/mol. The Balaban J connectivity index is 1.69. The van der Waals surface area contributed by atoms with Gasteiger partial charge in [0.2, 0.25) is 5.91 Å². The Bertz CT molecular complexity index is 957. The minimum absolute atomic E-state index is 0.0720. The van der Waals surface area contributed by atoms with Crippen LogP contribution in [-0.4, -0.2) is 36.6 Å². The smallest absolute Gasteiger partial charge is 0.417 e. The van der Waals surface area contributed by atoms with Crippen LogP contribution in [0.3, 0.4) is 0 Å². The average molecular weight is 472 g/mol. The van der Waals surface area contributed by atoms with E-state index in [1.165, 1.54) is 17.0 Å². The molecule has 7 heteroatoms. The Morgan fingerprint density at radius 1 is 1.18 bits per heavy atom. The van der Waals surface area contributed by atoms with E-state index in [0.717, 1.165) is 17.5 Å². The van der Waals surface area contributed by atoms with Crippen LogP contribution < -0.4 is 0 Å². The quantitative estimate of drug-likeness (QED) is 0.444. The SMILES string of the molecule is CC(C)(CC(CCCC(=O)N1C(=O)OC[C@@H]1c1ccccc1)c1ccc(F)cc1)[Si](C)(C)O. The number of carbonyl (C=O) groups excluding carboxylic acids is 2. The maximum absolute atomic E-state index is 13.5. The van der Waals surface area contributed by atoms with E-state index in [9.17, 15) is 18.8 Å². The first-order valence-electron chi connectivity index (χ1n) is 11.5. The van der Waals surface area contributed by atoms with E-state index in [-0.39, 0.29) is 35.7 Å². The molecule has 1 fully saturated rings. The first kappa shape index (κ1) is 25.1. The molecule has 0 spiro atoms. The third-order valence-electron chi connectivity index (χ3n) is 7.02. The summed E-state index contributed by atoms with van der Waals surface area (Å²) in [4.78, 5) is 37.3. The van der Waals surface area contributed by atoms with E-state index in [4.69, 9.17) is 4.74 Å². The number of amides is 2. The van der Waals surface area contributed by atoms with Crippen molar-refractivity contribution in [1.82, 2.24) is 4.90 Å². The molecule has 1 aliphatic heterocycles. The number of nitrogens with zero attached hydrogens (tertiary/aromatic N) is 1. The summed E-state index contributed by atoms with van der Waals surface area (Å²) < 4.78 is 18.7. The normalized spacial score (nSPS) is 17.7. The van der Waals surface area contributed by atoms with E-state index < -0.39 is 20.5 Å². The van der Waals surface area contributed by atoms with Gasteiger partial charge in [0.15, 0.2) is 8.32 Å². The highest BCUT2D eigenvalue weighted by molar-refractivity contribution is 6.72. The van der Waals surface area contributed by atoms with Crippen molar-refractivity contribution in [1.29, 1.82) is 0 Å². The molecule has 0 aliphatic carbocycles. The Labute approximate surface area is 196 Å².